The summed E-state index contributed by atoms with van der Waals surface area (Å²) in [5, 5.41) is 14.1. The summed E-state index contributed by atoms with van der Waals surface area (Å²) in [4.78, 5) is 23.2. The number of rotatable bonds is 3. The third kappa shape index (κ3) is 3.33. The Hall–Kier alpha value is -1.67. The second-order valence-electron chi connectivity index (χ2n) is 4.85. The highest BCUT2D eigenvalue weighted by atomic mass is 79.9. The number of benzene rings is 1. The topological polar surface area (TPSA) is 87.7 Å². The molecule has 1 aliphatic rings. The number of carbonyl (C=O) groups excluding carboxylic acids is 1. The predicted molar refractivity (Wildman–Crippen MR) is 76.8 cm³/mol. The first-order valence-electron chi connectivity index (χ1n) is 6.20. The molecule has 1 aliphatic heterocycles. The summed E-state index contributed by atoms with van der Waals surface area (Å²) < 4.78 is 18.8. The van der Waals surface area contributed by atoms with Crippen molar-refractivity contribution in [2.45, 2.75) is 18.9 Å². The van der Waals surface area contributed by atoms with Crippen molar-refractivity contribution in [1.82, 2.24) is 5.32 Å². The Morgan fingerprint density at radius 3 is 2.76 bits per heavy atom. The smallest absolute Gasteiger partial charge is 0.332 e. The predicted octanol–water partition coefficient (Wildman–Crippen LogP) is 2.26. The molecule has 6 nitrogen and oxygen atoms in total. The molecule has 0 saturated carbocycles. The zero-order chi connectivity index (χ0) is 15.6. The second kappa shape index (κ2) is 5.98. The number of anilines is 1. The molecule has 8 heteroatoms. The number of halogens is 2. The number of hydrogen-bond donors (Lipinski definition) is 3. The van der Waals surface area contributed by atoms with Crippen LogP contribution >= 0.6 is 15.9 Å². The summed E-state index contributed by atoms with van der Waals surface area (Å²) >= 11 is 3.05. The van der Waals surface area contributed by atoms with E-state index in [2.05, 4.69) is 26.6 Å². The molecule has 0 spiro atoms. The van der Waals surface area contributed by atoms with Crippen LogP contribution in [0.4, 0.5) is 14.9 Å². The molecule has 2 rings (SSSR count). The molecular weight excluding hydrogens is 347 g/mol. The van der Waals surface area contributed by atoms with E-state index in [1.807, 2.05) is 0 Å². The van der Waals surface area contributed by atoms with E-state index in [9.17, 15) is 19.1 Å². The first-order chi connectivity index (χ1) is 9.84. The number of aryl methyl sites for hydroxylation is 1. The van der Waals surface area contributed by atoms with Crippen LogP contribution in [0.25, 0.3) is 0 Å². The summed E-state index contributed by atoms with van der Waals surface area (Å²) in [7, 11) is 0. The van der Waals surface area contributed by atoms with E-state index in [0.717, 1.165) is 6.07 Å². The molecule has 1 unspecified atom stereocenters. The molecule has 0 radical (unpaired) electrons. The zero-order valence-electron chi connectivity index (χ0n) is 11.2. The number of urea groups is 1. The number of carboxylic acid groups (broad SMARTS) is 1. The van der Waals surface area contributed by atoms with Crippen molar-refractivity contribution in [2.75, 3.05) is 18.5 Å². The Kier molecular flexibility index (Phi) is 4.48. The van der Waals surface area contributed by atoms with Gasteiger partial charge in [0.1, 0.15) is 5.82 Å². The number of aliphatic carboxylic acids is 1. The Balaban J connectivity index is 2.12. The summed E-state index contributed by atoms with van der Waals surface area (Å²) in [6.45, 7) is 1.87. The van der Waals surface area contributed by atoms with Crippen molar-refractivity contribution in [2.24, 2.45) is 0 Å². The Labute approximate surface area is 128 Å². The average Bonchev–Trinajstić information content (AvgIpc) is 2.85. The van der Waals surface area contributed by atoms with Crippen molar-refractivity contribution >= 4 is 33.6 Å². The molecule has 114 valence electrons. The van der Waals surface area contributed by atoms with Crippen molar-refractivity contribution in [3.05, 3.63) is 28.0 Å². The van der Waals surface area contributed by atoms with Crippen LogP contribution < -0.4 is 10.6 Å². The standard InChI is InChI=1S/C13H14BrFN2O4/c1-7-4-8(14)9(15)5-10(7)16-12(20)17-13(11(18)19)2-3-21-6-13/h4-5H,2-3,6H2,1H3,(H,18,19)(H2,16,17,20). The minimum absolute atomic E-state index is 0.0938. The van der Waals surface area contributed by atoms with Gasteiger partial charge in [0.2, 0.25) is 0 Å². The summed E-state index contributed by atoms with van der Waals surface area (Å²) in [6.07, 6.45) is 0.184. The van der Waals surface area contributed by atoms with E-state index in [-0.39, 0.29) is 29.8 Å². The molecule has 2 amide bonds. The number of hydrogen-bond acceptors (Lipinski definition) is 3. The number of ether oxygens (including phenoxy) is 1. The molecule has 1 saturated heterocycles. The molecule has 1 heterocycles. The Bertz CT molecular complexity index is 588. The molecule has 1 aromatic carbocycles. The highest BCUT2D eigenvalue weighted by Crippen LogP contribution is 2.24. The molecule has 1 atom stereocenters. The maximum absolute atomic E-state index is 13.5. The molecule has 1 aromatic rings. The van der Waals surface area contributed by atoms with Crippen LogP contribution in [0, 0.1) is 12.7 Å². The summed E-state index contributed by atoms with van der Waals surface area (Å²) in [5.74, 6) is -1.68. The minimum atomic E-state index is -1.44. The molecule has 1 fully saturated rings. The van der Waals surface area contributed by atoms with Crippen LogP contribution in [0.5, 0.6) is 0 Å². The third-order valence-corrected chi connectivity index (χ3v) is 3.91. The molecule has 0 aromatic heterocycles. The Morgan fingerprint density at radius 2 is 2.19 bits per heavy atom. The number of amides is 2. The second-order valence-corrected chi connectivity index (χ2v) is 5.70. The van der Waals surface area contributed by atoms with Crippen LogP contribution in [0.2, 0.25) is 0 Å². The Morgan fingerprint density at radius 1 is 1.48 bits per heavy atom. The van der Waals surface area contributed by atoms with Gasteiger partial charge < -0.3 is 20.5 Å². The maximum atomic E-state index is 13.5. The fourth-order valence-corrected chi connectivity index (χ4v) is 2.50. The van der Waals surface area contributed by atoms with Crippen LogP contribution in [-0.4, -0.2) is 35.9 Å². The molecule has 3 N–H and O–H groups in total. The zero-order valence-corrected chi connectivity index (χ0v) is 12.8. The van der Waals surface area contributed by atoms with Crippen LogP contribution in [0.15, 0.2) is 16.6 Å². The van der Waals surface area contributed by atoms with Crippen LogP contribution in [0.3, 0.4) is 0 Å². The summed E-state index contributed by atoms with van der Waals surface area (Å²) in [6, 6.07) is 1.97. The van der Waals surface area contributed by atoms with Crippen molar-refractivity contribution in [1.29, 1.82) is 0 Å². The average molecular weight is 361 g/mol. The van der Waals surface area contributed by atoms with Gasteiger partial charge >= 0.3 is 12.0 Å². The third-order valence-electron chi connectivity index (χ3n) is 3.30. The van der Waals surface area contributed by atoms with Crippen LogP contribution in [0.1, 0.15) is 12.0 Å². The van der Waals surface area contributed by atoms with Gasteiger partial charge in [-0.25, -0.2) is 14.0 Å². The highest BCUT2D eigenvalue weighted by molar-refractivity contribution is 9.10. The fraction of sp³-hybridized carbons (Fsp3) is 0.385. The fourth-order valence-electron chi connectivity index (χ4n) is 2.04. The van der Waals surface area contributed by atoms with Gasteiger partial charge in [-0.3, -0.25) is 0 Å². The van der Waals surface area contributed by atoms with Crippen molar-refractivity contribution in [3.8, 4) is 0 Å². The van der Waals surface area contributed by atoms with E-state index < -0.39 is 23.4 Å². The van der Waals surface area contributed by atoms with Crippen molar-refractivity contribution < 1.29 is 23.8 Å². The lowest BCUT2D eigenvalue weighted by atomic mass is 9.99. The summed E-state index contributed by atoms with van der Waals surface area (Å²) in [5.41, 5.74) is -0.524. The first-order valence-corrected chi connectivity index (χ1v) is 6.99. The van der Waals surface area contributed by atoms with Crippen molar-refractivity contribution in [3.63, 3.8) is 0 Å². The minimum Gasteiger partial charge on any atom is -0.479 e. The number of nitrogens with one attached hydrogen (secondary N) is 2. The van der Waals surface area contributed by atoms with Gasteiger partial charge in [0.15, 0.2) is 5.54 Å². The van der Waals surface area contributed by atoms with Gasteiger partial charge in [-0.1, -0.05) is 0 Å². The molecule has 0 bridgehead atoms. The quantitative estimate of drug-likeness (QED) is 0.771. The lowest BCUT2D eigenvalue weighted by molar-refractivity contribution is -0.144. The largest absolute Gasteiger partial charge is 0.479 e. The van der Waals surface area contributed by atoms with E-state index in [1.54, 1.807) is 6.92 Å². The number of carbonyl (C=O) groups is 2. The van der Waals surface area contributed by atoms with Gasteiger partial charge in [0.25, 0.3) is 0 Å². The monoisotopic (exact) mass is 360 g/mol. The van der Waals surface area contributed by atoms with E-state index in [1.165, 1.54) is 6.07 Å². The lowest BCUT2D eigenvalue weighted by Gasteiger charge is -2.24. The van der Waals surface area contributed by atoms with E-state index >= 15 is 0 Å². The first kappa shape index (κ1) is 15.7. The van der Waals surface area contributed by atoms with Gasteiger partial charge in [-0.15, -0.1) is 0 Å². The number of carboxylic acids is 1. The molecular formula is C13H14BrFN2O4. The molecule has 21 heavy (non-hydrogen) atoms. The van der Waals surface area contributed by atoms with Gasteiger partial charge in [-0.2, -0.15) is 0 Å². The SMILES string of the molecule is Cc1cc(Br)c(F)cc1NC(=O)NC1(C(=O)O)CCOC1. The lowest BCUT2D eigenvalue weighted by Crippen LogP contribution is -2.56. The van der Waals surface area contributed by atoms with Gasteiger partial charge in [0.05, 0.1) is 11.1 Å². The highest BCUT2D eigenvalue weighted by Gasteiger charge is 2.44. The van der Waals surface area contributed by atoms with E-state index in [0.29, 0.717) is 5.56 Å². The maximum Gasteiger partial charge on any atom is 0.332 e. The van der Waals surface area contributed by atoms with E-state index in [4.69, 9.17) is 4.74 Å². The van der Waals surface area contributed by atoms with Gasteiger partial charge in [-0.05, 0) is 40.5 Å². The normalized spacial score (nSPS) is 21.1. The molecule has 0 aliphatic carbocycles. The van der Waals surface area contributed by atoms with Crippen LogP contribution in [-0.2, 0) is 9.53 Å². The van der Waals surface area contributed by atoms with Gasteiger partial charge in [0, 0.05) is 18.7 Å².